The lowest BCUT2D eigenvalue weighted by molar-refractivity contribution is -0.118. The minimum Gasteiger partial charge on any atom is -0.370 e. The molecule has 0 saturated heterocycles. The third-order valence-electron chi connectivity index (χ3n) is 2.26. The van der Waals surface area contributed by atoms with E-state index in [4.69, 9.17) is 11.5 Å². The highest BCUT2D eigenvalue weighted by atomic mass is 79.9. The Labute approximate surface area is 102 Å². The van der Waals surface area contributed by atoms with Crippen molar-refractivity contribution in [3.8, 4) is 0 Å². The highest BCUT2D eigenvalue weighted by Crippen LogP contribution is 2.31. The van der Waals surface area contributed by atoms with Gasteiger partial charge in [0.2, 0.25) is 5.91 Å². The molecule has 84 valence electrons. The van der Waals surface area contributed by atoms with Crippen molar-refractivity contribution in [2.24, 2.45) is 11.5 Å². The van der Waals surface area contributed by atoms with E-state index < -0.39 is 0 Å². The molecule has 1 rings (SSSR count). The Hall–Kier alpha value is -0.390. The molecule has 0 aliphatic carbocycles. The van der Waals surface area contributed by atoms with Crippen LogP contribution in [0.5, 0.6) is 0 Å². The first-order chi connectivity index (χ1) is 7.00. The first-order valence-corrected chi connectivity index (χ1v) is 6.41. The number of rotatable bonds is 5. The number of nitrogens with two attached hydrogens (primary N) is 2. The first kappa shape index (κ1) is 12.7. The topological polar surface area (TPSA) is 69.1 Å². The fourth-order valence-electron chi connectivity index (χ4n) is 1.48. The van der Waals surface area contributed by atoms with E-state index in [9.17, 15) is 4.79 Å². The summed E-state index contributed by atoms with van der Waals surface area (Å²) >= 11 is 5.11. The van der Waals surface area contributed by atoms with Gasteiger partial charge in [-0.3, -0.25) is 4.79 Å². The van der Waals surface area contributed by atoms with Gasteiger partial charge in [0.05, 0.1) is 3.79 Å². The molecule has 0 saturated carbocycles. The summed E-state index contributed by atoms with van der Waals surface area (Å²) in [6, 6.07) is 2.06. The van der Waals surface area contributed by atoms with Gasteiger partial charge in [0.25, 0.3) is 0 Å². The molecule has 1 atom stereocenters. The van der Waals surface area contributed by atoms with Crippen molar-refractivity contribution < 1.29 is 4.79 Å². The van der Waals surface area contributed by atoms with Crippen LogP contribution in [0.4, 0.5) is 0 Å². The molecule has 1 heterocycles. The molecule has 5 heteroatoms. The zero-order valence-corrected chi connectivity index (χ0v) is 11.0. The summed E-state index contributed by atoms with van der Waals surface area (Å²) in [5.74, 6) is -0.259. The Bertz CT molecular complexity index is 351. The molecule has 0 aliphatic rings. The molecule has 0 aliphatic heterocycles. The average Bonchev–Trinajstić information content (AvgIpc) is 2.44. The van der Waals surface area contributed by atoms with Gasteiger partial charge in [-0.05, 0) is 47.3 Å². The number of carbonyl (C=O) groups is 1. The van der Waals surface area contributed by atoms with Crippen LogP contribution in [0.15, 0.2) is 9.85 Å². The second kappa shape index (κ2) is 5.63. The molecule has 0 spiro atoms. The lowest BCUT2D eigenvalue weighted by Crippen LogP contribution is -2.14. The van der Waals surface area contributed by atoms with Gasteiger partial charge < -0.3 is 11.5 Å². The predicted molar refractivity (Wildman–Crippen MR) is 66.7 cm³/mol. The maximum absolute atomic E-state index is 10.6. The molecular formula is C10H15BrN2OS. The third-order valence-corrected chi connectivity index (χ3v) is 3.83. The van der Waals surface area contributed by atoms with Gasteiger partial charge in [-0.1, -0.05) is 0 Å². The van der Waals surface area contributed by atoms with E-state index in [2.05, 4.69) is 28.9 Å². The van der Waals surface area contributed by atoms with Crippen LogP contribution in [0.3, 0.4) is 0 Å². The quantitative estimate of drug-likeness (QED) is 0.875. The normalized spacial score (nSPS) is 12.7. The summed E-state index contributed by atoms with van der Waals surface area (Å²) in [5.41, 5.74) is 12.3. The Morgan fingerprint density at radius 1 is 1.67 bits per heavy atom. The van der Waals surface area contributed by atoms with Crippen molar-refractivity contribution in [3.63, 3.8) is 0 Å². The standard InChI is InChI=1S/C10H15BrN2OS/c1-6-7(5-9(11)15-6)8(12)3-2-4-10(13)14/h5,8H,2-4,12H2,1H3,(H2,13,14). The molecular weight excluding hydrogens is 276 g/mol. The van der Waals surface area contributed by atoms with Crippen LogP contribution < -0.4 is 11.5 Å². The Kier molecular flexibility index (Phi) is 4.76. The maximum atomic E-state index is 10.6. The van der Waals surface area contributed by atoms with E-state index in [0.717, 1.165) is 22.2 Å². The number of hydrogen-bond donors (Lipinski definition) is 2. The molecule has 0 fully saturated rings. The SMILES string of the molecule is Cc1sc(Br)cc1C(N)CCCC(N)=O. The predicted octanol–water partition coefficient (Wildman–Crippen LogP) is 2.47. The molecule has 3 nitrogen and oxygen atoms in total. The largest absolute Gasteiger partial charge is 0.370 e. The third kappa shape index (κ3) is 3.93. The molecule has 0 radical (unpaired) electrons. The fraction of sp³-hybridized carbons (Fsp3) is 0.500. The highest BCUT2D eigenvalue weighted by molar-refractivity contribution is 9.11. The number of halogens is 1. The van der Waals surface area contributed by atoms with E-state index in [1.807, 2.05) is 0 Å². The van der Waals surface area contributed by atoms with Crippen LogP contribution in [-0.4, -0.2) is 5.91 Å². The Balaban J connectivity index is 2.50. The second-order valence-corrected chi connectivity index (χ2v) is 6.16. The first-order valence-electron chi connectivity index (χ1n) is 4.80. The lowest BCUT2D eigenvalue weighted by Gasteiger charge is -2.10. The Morgan fingerprint density at radius 3 is 2.80 bits per heavy atom. The summed E-state index contributed by atoms with van der Waals surface area (Å²) in [7, 11) is 0. The second-order valence-electron chi connectivity index (χ2n) is 3.53. The molecule has 1 aromatic rings. The summed E-state index contributed by atoms with van der Waals surface area (Å²) in [5, 5.41) is 0. The molecule has 0 aromatic carbocycles. The van der Waals surface area contributed by atoms with Crippen LogP contribution in [0, 0.1) is 6.92 Å². The number of thiophene rings is 1. The highest BCUT2D eigenvalue weighted by Gasteiger charge is 2.12. The van der Waals surface area contributed by atoms with Gasteiger partial charge in [0.1, 0.15) is 0 Å². The van der Waals surface area contributed by atoms with Crippen molar-refractivity contribution in [2.45, 2.75) is 32.2 Å². The number of amides is 1. The van der Waals surface area contributed by atoms with Gasteiger partial charge in [0.15, 0.2) is 0 Å². The summed E-state index contributed by atoms with van der Waals surface area (Å²) in [6.07, 6.45) is 1.97. The molecule has 1 amide bonds. The van der Waals surface area contributed by atoms with Gasteiger partial charge in [-0.15, -0.1) is 11.3 Å². The van der Waals surface area contributed by atoms with Crippen LogP contribution in [-0.2, 0) is 4.79 Å². The van der Waals surface area contributed by atoms with Crippen LogP contribution in [0.25, 0.3) is 0 Å². The maximum Gasteiger partial charge on any atom is 0.217 e. The van der Waals surface area contributed by atoms with Gasteiger partial charge in [-0.25, -0.2) is 0 Å². The van der Waals surface area contributed by atoms with Crippen molar-refractivity contribution in [2.75, 3.05) is 0 Å². The van der Waals surface area contributed by atoms with E-state index in [0.29, 0.717) is 6.42 Å². The average molecular weight is 291 g/mol. The molecule has 4 N–H and O–H groups in total. The summed E-state index contributed by atoms with van der Waals surface area (Å²) in [6.45, 7) is 2.05. The van der Waals surface area contributed by atoms with Crippen molar-refractivity contribution >= 4 is 33.2 Å². The zero-order chi connectivity index (χ0) is 11.4. The van der Waals surface area contributed by atoms with Crippen LogP contribution in [0.1, 0.15) is 35.7 Å². The number of hydrogen-bond acceptors (Lipinski definition) is 3. The number of primary amides is 1. The minimum atomic E-state index is -0.259. The zero-order valence-electron chi connectivity index (χ0n) is 8.63. The Morgan fingerprint density at radius 2 is 2.33 bits per heavy atom. The molecule has 15 heavy (non-hydrogen) atoms. The number of carbonyl (C=O) groups excluding carboxylic acids is 1. The minimum absolute atomic E-state index is 0.00639. The van der Waals surface area contributed by atoms with Gasteiger partial charge in [0, 0.05) is 17.3 Å². The summed E-state index contributed by atoms with van der Waals surface area (Å²) in [4.78, 5) is 11.8. The summed E-state index contributed by atoms with van der Waals surface area (Å²) < 4.78 is 1.10. The van der Waals surface area contributed by atoms with E-state index in [1.54, 1.807) is 11.3 Å². The molecule has 1 unspecified atom stereocenters. The van der Waals surface area contributed by atoms with Crippen LogP contribution in [0.2, 0.25) is 0 Å². The van der Waals surface area contributed by atoms with E-state index >= 15 is 0 Å². The monoisotopic (exact) mass is 290 g/mol. The van der Waals surface area contributed by atoms with Gasteiger partial charge in [-0.2, -0.15) is 0 Å². The van der Waals surface area contributed by atoms with Crippen molar-refractivity contribution in [1.82, 2.24) is 0 Å². The van der Waals surface area contributed by atoms with Gasteiger partial charge >= 0.3 is 0 Å². The molecule has 0 bridgehead atoms. The van der Waals surface area contributed by atoms with Crippen LogP contribution >= 0.6 is 27.3 Å². The van der Waals surface area contributed by atoms with E-state index in [-0.39, 0.29) is 11.9 Å². The van der Waals surface area contributed by atoms with Crippen molar-refractivity contribution in [3.05, 3.63) is 20.3 Å². The number of aryl methyl sites for hydroxylation is 1. The van der Waals surface area contributed by atoms with E-state index in [1.165, 1.54) is 4.88 Å². The lowest BCUT2D eigenvalue weighted by atomic mass is 10.0. The smallest absolute Gasteiger partial charge is 0.217 e. The fourth-order valence-corrected chi connectivity index (χ4v) is 3.26. The molecule has 1 aromatic heterocycles. The van der Waals surface area contributed by atoms with Crippen molar-refractivity contribution in [1.29, 1.82) is 0 Å².